The Morgan fingerprint density at radius 1 is 0.963 bits per heavy atom. The summed E-state index contributed by atoms with van der Waals surface area (Å²) in [7, 11) is 0. The lowest BCUT2D eigenvalue weighted by Gasteiger charge is -2.22. The number of amides is 1. The summed E-state index contributed by atoms with van der Waals surface area (Å²) in [6, 6.07) is 18.8. The summed E-state index contributed by atoms with van der Waals surface area (Å²) in [5.41, 5.74) is 4.69. The smallest absolute Gasteiger partial charge is 0.227 e. The van der Waals surface area contributed by atoms with E-state index in [-0.39, 0.29) is 5.91 Å². The Hall–Kier alpha value is -2.59. The number of nitrogens with one attached hydrogen (secondary N) is 1. The molecule has 1 saturated heterocycles. The summed E-state index contributed by atoms with van der Waals surface area (Å²) in [6.07, 6.45) is 1.51. The van der Waals surface area contributed by atoms with Gasteiger partial charge in [0, 0.05) is 49.3 Å². The first kappa shape index (κ1) is 17.8. The van der Waals surface area contributed by atoms with Crippen LogP contribution in [-0.4, -0.2) is 46.9 Å². The van der Waals surface area contributed by atoms with E-state index >= 15 is 0 Å². The second-order valence-electron chi connectivity index (χ2n) is 7.45. The SMILES string of the molecule is Cc1[nH]c2ccccc2c1CC(=O)N1CCCN(Cc2ccccc2)CC1. The summed E-state index contributed by atoms with van der Waals surface area (Å²) in [6.45, 7) is 6.67. The number of carbonyl (C=O) groups excluding carboxylic acids is 1. The molecule has 2 heterocycles. The van der Waals surface area contributed by atoms with Gasteiger partial charge in [0.2, 0.25) is 5.91 Å². The van der Waals surface area contributed by atoms with Crippen molar-refractivity contribution in [3.63, 3.8) is 0 Å². The van der Waals surface area contributed by atoms with Gasteiger partial charge in [-0.05, 0) is 30.5 Å². The highest BCUT2D eigenvalue weighted by atomic mass is 16.2. The maximum atomic E-state index is 13.0. The maximum Gasteiger partial charge on any atom is 0.227 e. The molecule has 0 radical (unpaired) electrons. The van der Waals surface area contributed by atoms with E-state index in [1.165, 1.54) is 10.9 Å². The van der Waals surface area contributed by atoms with E-state index in [9.17, 15) is 4.79 Å². The Morgan fingerprint density at radius 2 is 1.74 bits per heavy atom. The van der Waals surface area contributed by atoms with Gasteiger partial charge in [0.1, 0.15) is 0 Å². The van der Waals surface area contributed by atoms with Gasteiger partial charge in [-0.15, -0.1) is 0 Å². The highest BCUT2D eigenvalue weighted by Gasteiger charge is 2.21. The molecule has 0 unspecified atom stereocenters. The van der Waals surface area contributed by atoms with Crippen LogP contribution in [0.15, 0.2) is 54.6 Å². The molecule has 2 aromatic carbocycles. The van der Waals surface area contributed by atoms with Crippen LogP contribution in [0.4, 0.5) is 0 Å². The van der Waals surface area contributed by atoms with Crippen molar-refractivity contribution in [3.05, 3.63) is 71.4 Å². The Kier molecular flexibility index (Phi) is 5.26. The fourth-order valence-corrected chi connectivity index (χ4v) is 4.05. The van der Waals surface area contributed by atoms with Crippen molar-refractivity contribution >= 4 is 16.8 Å². The molecule has 3 aromatic rings. The molecular formula is C23H27N3O. The molecule has 0 aliphatic carbocycles. The number of para-hydroxylation sites is 1. The minimum atomic E-state index is 0.240. The van der Waals surface area contributed by atoms with Crippen molar-refractivity contribution in [2.24, 2.45) is 0 Å². The molecule has 1 N–H and O–H groups in total. The molecule has 1 aliphatic rings. The minimum absolute atomic E-state index is 0.240. The summed E-state index contributed by atoms with van der Waals surface area (Å²) in [5.74, 6) is 0.240. The first-order valence-corrected chi connectivity index (χ1v) is 9.81. The Balaban J connectivity index is 1.40. The number of hydrogen-bond donors (Lipinski definition) is 1. The molecule has 0 spiro atoms. The third kappa shape index (κ3) is 4.06. The molecule has 4 rings (SSSR count). The fourth-order valence-electron chi connectivity index (χ4n) is 4.05. The highest BCUT2D eigenvalue weighted by Crippen LogP contribution is 2.23. The van der Waals surface area contributed by atoms with Crippen molar-refractivity contribution in [2.45, 2.75) is 26.3 Å². The molecule has 140 valence electrons. The van der Waals surface area contributed by atoms with Crippen LogP contribution in [0.1, 0.15) is 23.2 Å². The van der Waals surface area contributed by atoms with E-state index in [1.807, 2.05) is 17.0 Å². The van der Waals surface area contributed by atoms with Gasteiger partial charge in [-0.25, -0.2) is 0 Å². The van der Waals surface area contributed by atoms with E-state index in [0.717, 1.165) is 55.9 Å². The fraction of sp³-hybridized carbons (Fsp3) is 0.348. The molecule has 4 nitrogen and oxygen atoms in total. The van der Waals surface area contributed by atoms with Crippen LogP contribution < -0.4 is 0 Å². The number of aromatic amines is 1. The van der Waals surface area contributed by atoms with Crippen LogP contribution in [0.5, 0.6) is 0 Å². The standard InChI is InChI=1S/C23H27N3O/c1-18-21(20-10-5-6-11-22(20)24-18)16-23(27)26-13-7-12-25(14-15-26)17-19-8-3-2-4-9-19/h2-6,8-11,24H,7,12-17H2,1H3. The normalized spacial score (nSPS) is 15.8. The molecule has 27 heavy (non-hydrogen) atoms. The predicted octanol–water partition coefficient (Wildman–Crippen LogP) is 3.75. The van der Waals surface area contributed by atoms with Gasteiger partial charge in [-0.1, -0.05) is 48.5 Å². The molecule has 1 fully saturated rings. The number of rotatable bonds is 4. The lowest BCUT2D eigenvalue weighted by atomic mass is 10.1. The van der Waals surface area contributed by atoms with Crippen LogP contribution in [0.3, 0.4) is 0 Å². The monoisotopic (exact) mass is 361 g/mol. The van der Waals surface area contributed by atoms with E-state index in [2.05, 4.69) is 59.3 Å². The molecule has 1 aromatic heterocycles. The van der Waals surface area contributed by atoms with Gasteiger partial charge in [-0.2, -0.15) is 0 Å². The molecule has 1 amide bonds. The van der Waals surface area contributed by atoms with E-state index in [1.54, 1.807) is 0 Å². The van der Waals surface area contributed by atoms with Crippen LogP contribution >= 0.6 is 0 Å². The number of fused-ring (bicyclic) bond motifs is 1. The van der Waals surface area contributed by atoms with E-state index in [0.29, 0.717) is 6.42 Å². The number of H-pyrrole nitrogens is 1. The Labute approximate surface area is 160 Å². The third-order valence-electron chi connectivity index (χ3n) is 5.55. The second-order valence-corrected chi connectivity index (χ2v) is 7.45. The molecule has 0 bridgehead atoms. The zero-order valence-electron chi connectivity index (χ0n) is 15.9. The second kappa shape index (κ2) is 7.97. The number of nitrogens with zero attached hydrogens (tertiary/aromatic N) is 2. The zero-order chi connectivity index (χ0) is 18.6. The van der Waals surface area contributed by atoms with Crippen LogP contribution in [-0.2, 0) is 17.8 Å². The van der Waals surface area contributed by atoms with E-state index in [4.69, 9.17) is 0 Å². The number of benzene rings is 2. The van der Waals surface area contributed by atoms with Gasteiger partial charge in [0.15, 0.2) is 0 Å². The largest absolute Gasteiger partial charge is 0.358 e. The molecule has 1 aliphatic heterocycles. The molecule has 0 saturated carbocycles. The summed E-state index contributed by atoms with van der Waals surface area (Å²) in [4.78, 5) is 20.9. The average molecular weight is 361 g/mol. The van der Waals surface area contributed by atoms with Gasteiger partial charge in [0.05, 0.1) is 6.42 Å². The summed E-state index contributed by atoms with van der Waals surface area (Å²) < 4.78 is 0. The van der Waals surface area contributed by atoms with Gasteiger partial charge in [0.25, 0.3) is 0 Å². The number of aryl methyl sites for hydroxylation is 1. The molecule has 0 atom stereocenters. The van der Waals surface area contributed by atoms with Crippen molar-refractivity contribution < 1.29 is 4.79 Å². The van der Waals surface area contributed by atoms with E-state index < -0.39 is 0 Å². The van der Waals surface area contributed by atoms with Crippen molar-refractivity contribution in [1.29, 1.82) is 0 Å². The Bertz CT molecular complexity index is 916. The summed E-state index contributed by atoms with van der Waals surface area (Å²) in [5, 5.41) is 1.17. The third-order valence-corrected chi connectivity index (χ3v) is 5.55. The Morgan fingerprint density at radius 3 is 2.59 bits per heavy atom. The van der Waals surface area contributed by atoms with Gasteiger partial charge >= 0.3 is 0 Å². The van der Waals surface area contributed by atoms with Crippen LogP contribution in [0.2, 0.25) is 0 Å². The first-order chi connectivity index (χ1) is 13.2. The predicted molar refractivity (Wildman–Crippen MR) is 110 cm³/mol. The summed E-state index contributed by atoms with van der Waals surface area (Å²) >= 11 is 0. The highest BCUT2D eigenvalue weighted by molar-refractivity contribution is 5.90. The number of aromatic nitrogens is 1. The lowest BCUT2D eigenvalue weighted by Crippen LogP contribution is -2.36. The van der Waals surface area contributed by atoms with Crippen molar-refractivity contribution in [3.8, 4) is 0 Å². The minimum Gasteiger partial charge on any atom is -0.358 e. The number of hydrogen-bond acceptors (Lipinski definition) is 2. The average Bonchev–Trinajstić information content (AvgIpc) is 2.84. The number of carbonyl (C=O) groups is 1. The van der Waals surface area contributed by atoms with Crippen LogP contribution in [0.25, 0.3) is 10.9 Å². The molecular weight excluding hydrogens is 334 g/mol. The quantitative estimate of drug-likeness (QED) is 0.769. The van der Waals surface area contributed by atoms with Crippen LogP contribution in [0, 0.1) is 6.92 Å². The maximum absolute atomic E-state index is 13.0. The van der Waals surface area contributed by atoms with Gasteiger partial charge in [-0.3, -0.25) is 9.69 Å². The zero-order valence-corrected chi connectivity index (χ0v) is 15.9. The van der Waals surface area contributed by atoms with Gasteiger partial charge < -0.3 is 9.88 Å². The topological polar surface area (TPSA) is 39.3 Å². The lowest BCUT2D eigenvalue weighted by molar-refractivity contribution is -0.130. The first-order valence-electron chi connectivity index (χ1n) is 9.81. The van der Waals surface area contributed by atoms with Crippen molar-refractivity contribution in [2.75, 3.05) is 26.2 Å². The van der Waals surface area contributed by atoms with Crippen molar-refractivity contribution in [1.82, 2.24) is 14.8 Å². The molecule has 4 heteroatoms.